The molecule has 0 bridgehead atoms. The highest BCUT2D eigenvalue weighted by molar-refractivity contribution is 5.77. The fourth-order valence-electron chi connectivity index (χ4n) is 3.21. The van der Waals surface area contributed by atoms with Gasteiger partial charge in [-0.25, -0.2) is 4.79 Å². The molecule has 1 aliphatic heterocycles. The Morgan fingerprint density at radius 3 is 2.78 bits per heavy atom. The SMILES string of the molecule is CC(C)(NC(=O)CCn1c(=O)oc2ccccc21)c1ccc2c(c1)OCO2. The number of para-hydroxylation sites is 2. The molecule has 1 amide bonds. The molecule has 0 atom stereocenters. The van der Waals surface area contributed by atoms with Crippen LogP contribution in [0.25, 0.3) is 11.1 Å². The third-order valence-corrected chi connectivity index (χ3v) is 4.68. The van der Waals surface area contributed by atoms with Gasteiger partial charge in [0.2, 0.25) is 12.7 Å². The maximum absolute atomic E-state index is 12.5. The second kappa shape index (κ2) is 6.50. The molecule has 1 aromatic heterocycles. The zero-order chi connectivity index (χ0) is 19.0. The molecule has 140 valence electrons. The number of rotatable bonds is 5. The Bertz CT molecular complexity index is 1060. The summed E-state index contributed by atoms with van der Waals surface area (Å²) in [4.78, 5) is 24.5. The minimum atomic E-state index is -0.596. The topological polar surface area (TPSA) is 82.7 Å². The summed E-state index contributed by atoms with van der Waals surface area (Å²) < 4.78 is 17.4. The number of benzene rings is 2. The number of aromatic nitrogens is 1. The van der Waals surface area contributed by atoms with E-state index < -0.39 is 11.3 Å². The molecule has 2 heterocycles. The Kier molecular flexibility index (Phi) is 4.14. The van der Waals surface area contributed by atoms with Gasteiger partial charge in [-0.05, 0) is 43.7 Å². The smallest absolute Gasteiger partial charge is 0.419 e. The molecule has 7 heteroatoms. The molecule has 0 fully saturated rings. The van der Waals surface area contributed by atoms with Crippen molar-refractivity contribution in [1.82, 2.24) is 9.88 Å². The van der Waals surface area contributed by atoms with Gasteiger partial charge in [-0.15, -0.1) is 0 Å². The minimum absolute atomic E-state index is 0.158. The molecule has 0 radical (unpaired) electrons. The lowest BCUT2D eigenvalue weighted by Gasteiger charge is -2.27. The Labute approximate surface area is 155 Å². The summed E-state index contributed by atoms with van der Waals surface area (Å²) >= 11 is 0. The summed E-state index contributed by atoms with van der Waals surface area (Å²) in [5.41, 5.74) is 1.52. The maximum Gasteiger partial charge on any atom is 0.419 e. The number of hydrogen-bond donors (Lipinski definition) is 1. The number of oxazole rings is 1. The van der Waals surface area contributed by atoms with Crippen molar-refractivity contribution in [1.29, 1.82) is 0 Å². The molecule has 0 aliphatic carbocycles. The number of carbonyl (C=O) groups excluding carboxylic acids is 1. The van der Waals surface area contributed by atoms with Gasteiger partial charge >= 0.3 is 5.76 Å². The number of nitrogens with one attached hydrogen (secondary N) is 1. The number of aryl methyl sites for hydroxylation is 1. The summed E-state index contributed by atoms with van der Waals surface area (Å²) in [6.45, 7) is 4.29. The summed E-state index contributed by atoms with van der Waals surface area (Å²) in [5, 5.41) is 3.01. The van der Waals surface area contributed by atoms with E-state index in [4.69, 9.17) is 13.9 Å². The molecule has 4 rings (SSSR count). The lowest BCUT2D eigenvalue weighted by molar-refractivity contribution is -0.123. The van der Waals surface area contributed by atoms with Crippen molar-refractivity contribution in [2.75, 3.05) is 6.79 Å². The summed E-state index contributed by atoms with van der Waals surface area (Å²) in [5.74, 6) is 0.757. The number of carbonyl (C=O) groups is 1. The second-order valence-corrected chi connectivity index (χ2v) is 6.98. The van der Waals surface area contributed by atoms with Crippen LogP contribution in [-0.4, -0.2) is 17.3 Å². The van der Waals surface area contributed by atoms with E-state index in [2.05, 4.69) is 5.32 Å². The van der Waals surface area contributed by atoms with Gasteiger partial charge in [0, 0.05) is 13.0 Å². The van der Waals surface area contributed by atoms with Gasteiger partial charge in [-0.3, -0.25) is 9.36 Å². The first kappa shape index (κ1) is 17.2. The summed E-state index contributed by atoms with van der Waals surface area (Å²) in [6, 6.07) is 12.8. The molecule has 2 aromatic carbocycles. The van der Waals surface area contributed by atoms with Gasteiger partial charge in [0.25, 0.3) is 0 Å². The monoisotopic (exact) mass is 368 g/mol. The quantitative estimate of drug-likeness (QED) is 0.749. The molecule has 0 spiro atoms. The van der Waals surface area contributed by atoms with Gasteiger partial charge in [-0.2, -0.15) is 0 Å². The number of hydrogen-bond acceptors (Lipinski definition) is 5. The van der Waals surface area contributed by atoms with Gasteiger partial charge in [0.05, 0.1) is 11.1 Å². The number of ether oxygens (including phenoxy) is 2. The van der Waals surface area contributed by atoms with Crippen LogP contribution in [0.15, 0.2) is 51.7 Å². The number of amides is 1. The van der Waals surface area contributed by atoms with Crippen LogP contribution in [0.1, 0.15) is 25.8 Å². The van der Waals surface area contributed by atoms with Gasteiger partial charge < -0.3 is 19.2 Å². The average molecular weight is 368 g/mol. The van der Waals surface area contributed by atoms with Crippen molar-refractivity contribution in [2.24, 2.45) is 0 Å². The van der Waals surface area contributed by atoms with E-state index in [0.717, 1.165) is 5.56 Å². The summed E-state index contributed by atoms with van der Waals surface area (Å²) in [6.07, 6.45) is 0.164. The third-order valence-electron chi connectivity index (χ3n) is 4.68. The minimum Gasteiger partial charge on any atom is -0.454 e. The largest absolute Gasteiger partial charge is 0.454 e. The van der Waals surface area contributed by atoms with Crippen LogP contribution >= 0.6 is 0 Å². The van der Waals surface area contributed by atoms with Gasteiger partial charge in [0.1, 0.15) is 0 Å². The van der Waals surface area contributed by atoms with Crippen LogP contribution in [0, 0.1) is 0 Å². The zero-order valence-electron chi connectivity index (χ0n) is 15.2. The highest BCUT2D eigenvalue weighted by Gasteiger charge is 2.25. The Hall–Kier alpha value is -3.22. The van der Waals surface area contributed by atoms with Crippen LogP contribution in [0.4, 0.5) is 0 Å². The molecule has 7 nitrogen and oxygen atoms in total. The van der Waals surface area contributed by atoms with Crippen molar-refractivity contribution in [3.63, 3.8) is 0 Å². The third kappa shape index (κ3) is 3.28. The lowest BCUT2D eigenvalue weighted by atomic mass is 9.93. The lowest BCUT2D eigenvalue weighted by Crippen LogP contribution is -2.41. The zero-order valence-corrected chi connectivity index (χ0v) is 15.2. The fourth-order valence-corrected chi connectivity index (χ4v) is 3.21. The van der Waals surface area contributed by atoms with Crippen LogP contribution in [0.3, 0.4) is 0 Å². The molecule has 3 aromatic rings. The van der Waals surface area contributed by atoms with Crippen LogP contribution < -0.4 is 20.5 Å². The molecule has 1 N–H and O–H groups in total. The van der Waals surface area contributed by atoms with Crippen LogP contribution in [0.2, 0.25) is 0 Å². The van der Waals surface area contributed by atoms with E-state index in [-0.39, 0.29) is 25.7 Å². The van der Waals surface area contributed by atoms with E-state index in [9.17, 15) is 9.59 Å². The normalized spacial score (nSPS) is 13.1. The molecule has 1 aliphatic rings. The number of fused-ring (bicyclic) bond motifs is 2. The first-order chi connectivity index (χ1) is 12.9. The first-order valence-corrected chi connectivity index (χ1v) is 8.73. The highest BCUT2D eigenvalue weighted by Crippen LogP contribution is 2.35. The Morgan fingerprint density at radius 2 is 1.93 bits per heavy atom. The highest BCUT2D eigenvalue weighted by atomic mass is 16.7. The van der Waals surface area contributed by atoms with E-state index in [1.807, 2.05) is 38.1 Å². The van der Waals surface area contributed by atoms with Crippen molar-refractivity contribution in [3.05, 3.63) is 58.6 Å². The van der Waals surface area contributed by atoms with Crippen molar-refractivity contribution >= 4 is 17.0 Å². The van der Waals surface area contributed by atoms with E-state index in [1.165, 1.54) is 4.57 Å². The molecule has 0 saturated carbocycles. The van der Waals surface area contributed by atoms with E-state index in [0.29, 0.717) is 22.6 Å². The molecular weight excluding hydrogens is 348 g/mol. The number of nitrogens with zero attached hydrogens (tertiary/aromatic N) is 1. The van der Waals surface area contributed by atoms with E-state index in [1.54, 1.807) is 18.2 Å². The Morgan fingerprint density at radius 1 is 1.15 bits per heavy atom. The molecule has 0 unspecified atom stereocenters. The Balaban J connectivity index is 1.45. The molecule has 0 saturated heterocycles. The summed E-state index contributed by atoms with van der Waals surface area (Å²) in [7, 11) is 0. The van der Waals surface area contributed by atoms with Crippen molar-refractivity contribution < 1.29 is 18.7 Å². The van der Waals surface area contributed by atoms with Crippen LogP contribution in [0.5, 0.6) is 11.5 Å². The first-order valence-electron chi connectivity index (χ1n) is 8.73. The maximum atomic E-state index is 12.5. The fraction of sp³-hybridized carbons (Fsp3) is 0.300. The van der Waals surface area contributed by atoms with Gasteiger partial charge in [0.15, 0.2) is 17.1 Å². The predicted octanol–water partition coefficient (Wildman–Crippen LogP) is 2.76. The van der Waals surface area contributed by atoms with Crippen LogP contribution in [-0.2, 0) is 16.9 Å². The van der Waals surface area contributed by atoms with Crippen molar-refractivity contribution in [2.45, 2.75) is 32.4 Å². The van der Waals surface area contributed by atoms with E-state index >= 15 is 0 Å². The average Bonchev–Trinajstić information content (AvgIpc) is 3.22. The second-order valence-electron chi connectivity index (χ2n) is 6.98. The molecular formula is C20H20N2O5. The molecule has 27 heavy (non-hydrogen) atoms. The van der Waals surface area contributed by atoms with Crippen molar-refractivity contribution in [3.8, 4) is 11.5 Å². The van der Waals surface area contributed by atoms with Gasteiger partial charge in [-0.1, -0.05) is 18.2 Å². The predicted molar refractivity (Wildman–Crippen MR) is 98.8 cm³/mol. The standard InChI is InChI=1S/C20H20N2O5/c1-20(2,13-7-8-16-17(11-13)26-12-25-16)21-18(23)9-10-22-14-5-3-4-6-15(14)27-19(22)24/h3-8,11H,9-10,12H2,1-2H3,(H,21,23).